The first-order valence-electron chi connectivity index (χ1n) is 6.30. The molecule has 2 amide bonds. The van der Waals surface area contributed by atoms with Crippen molar-refractivity contribution in [3.8, 4) is 0 Å². The number of carbonyl (C=O) groups excluding carboxylic acids is 2. The average molecular weight is 282 g/mol. The topological polar surface area (TPSA) is 109 Å². The van der Waals surface area contributed by atoms with Gasteiger partial charge in [0.2, 0.25) is 11.8 Å². The number of furan rings is 1. The van der Waals surface area contributed by atoms with Crippen molar-refractivity contribution < 1.29 is 23.9 Å². The van der Waals surface area contributed by atoms with E-state index < -0.39 is 5.97 Å². The number of aryl methyl sites for hydroxylation is 1. The average Bonchev–Trinajstić information content (AvgIpc) is 2.76. The highest BCUT2D eigenvalue weighted by atomic mass is 16.4. The number of amides is 2. The molecule has 7 heteroatoms. The highest BCUT2D eigenvalue weighted by Crippen LogP contribution is 2.14. The summed E-state index contributed by atoms with van der Waals surface area (Å²) in [7, 11) is 0. The third-order valence-corrected chi connectivity index (χ3v) is 2.58. The van der Waals surface area contributed by atoms with Crippen molar-refractivity contribution >= 4 is 17.8 Å². The maximum atomic E-state index is 11.5. The maximum Gasteiger partial charge on any atom is 0.339 e. The van der Waals surface area contributed by atoms with Crippen LogP contribution in [0.15, 0.2) is 10.5 Å². The van der Waals surface area contributed by atoms with E-state index in [4.69, 9.17) is 9.52 Å². The van der Waals surface area contributed by atoms with E-state index in [1.807, 2.05) is 6.92 Å². The highest BCUT2D eigenvalue weighted by Gasteiger charge is 2.14. The van der Waals surface area contributed by atoms with Gasteiger partial charge in [0.15, 0.2) is 0 Å². The number of carboxylic acid groups (broad SMARTS) is 1. The van der Waals surface area contributed by atoms with Crippen molar-refractivity contribution in [2.75, 3.05) is 6.54 Å². The Morgan fingerprint density at radius 3 is 2.50 bits per heavy atom. The number of nitrogens with one attached hydrogen (secondary N) is 2. The van der Waals surface area contributed by atoms with Crippen LogP contribution in [0.25, 0.3) is 0 Å². The van der Waals surface area contributed by atoms with Gasteiger partial charge in [-0.2, -0.15) is 0 Å². The van der Waals surface area contributed by atoms with Crippen molar-refractivity contribution in [3.63, 3.8) is 0 Å². The summed E-state index contributed by atoms with van der Waals surface area (Å²) in [6.45, 7) is 3.39. The fourth-order valence-corrected chi connectivity index (χ4v) is 1.59. The molecule has 0 aliphatic rings. The minimum absolute atomic E-state index is 0.0745. The summed E-state index contributed by atoms with van der Waals surface area (Å²) in [5, 5.41) is 13.9. The first kappa shape index (κ1) is 15.7. The van der Waals surface area contributed by atoms with Crippen LogP contribution in [0.3, 0.4) is 0 Å². The normalized spacial score (nSPS) is 10.1. The molecule has 1 rings (SSSR count). The monoisotopic (exact) mass is 282 g/mol. The summed E-state index contributed by atoms with van der Waals surface area (Å²) in [5.41, 5.74) is 0.0745. The lowest BCUT2D eigenvalue weighted by Crippen LogP contribution is -2.36. The summed E-state index contributed by atoms with van der Waals surface area (Å²) >= 11 is 0. The van der Waals surface area contributed by atoms with Gasteiger partial charge in [-0.05, 0) is 19.4 Å². The van der Waals surface area contributed by atoms with Crippen molar-refractivity contribution in [3.05, 3.63) is 23.2 Å². The molecule has 1 aromatic heterocycles. The van der Waals surface area contributed by atoms with Crippen LogP contribution >= 0.6 is 0 Å². The molecular formula is C13H18N2O5. The largest absolute Gasteiger partial charge is 0.478 e. The van der Waals surface area contributed by atoms with E-state index in [-0.39, 0.29) is 36.2 Å². The number of aromatic carboxylic acids is 1. The molecule has 0 aromatic carbocycles. The van der Waals surface area contributed by atoms with Crippen LogP contribution in [0.2, 0.25) is 0 Å². The zero-order valence-electron chi connectivity index (χ0n) is 11.5. The molecule has 0 spiro atoms. The van der Waals surface area contributed by atoms with Crippen LogP contribution in [0.1, 0.15) is 41.6 Å². The number of carbonyl (C=O) groups is 3. The second-order valence-electron chi connectivity index (χ2n) is 4.29. The first-order chi connectivity index (χ1) is 9.43. The summed E-state index contributed by atoms with van der Waals surface area (Å²) in [6.07, 6.45) is 1.10. The molecule has 0 aliphatic heterocycles. The lowest BCUT2D eigenvalue weighted by atomic mass is 10.2. The van der Waals surface area contributed by atoms with E-state index in [1.165, 1.54) is 6.07 Å². The van der Waals surface area contributed by atoms with Gasteiger partial charge in [0.25, 0.3) is 0 Å². The lowest BCUT2D eigenvalue weighted by molar-refractivity contribution is -0.126. The molecule has 20 heavy (non-hydrogen) atoms. The van der Waals surface area contributed by atoms with Crippen LogP contribution in [-0.4, -0.2) is 29.4 Å². The van der Waals surface area contributed by atoms with Crippen molar-refractivity contribution in [2.45, 2.75) is 33.2 Å². The second kappa shape index (κ2) is 7.32. The number of carboxylic acids is 1. The second-order valence-corrected chi connectivity index (χ2v) is 4.29. The fraction of sp³-hybridized carbons (Fsp3) is 0.462. The van der Waals surface area contributed by atoms with E-state index in [0.29, 0.717) is 12.2 Å². The van der Waals surface area contributed by atoms with Gasteiger partial charge in [0.1, 0.15) is 17.1 Å². The van der Waals surface area contributed by atoms with Gasteiger partial charge in [-0.25, -0.2) is 4.79 Å². The summed E-state index contributed by atoms with van der Waals surface area (Å²) in [4.78, 5) is 33.5. The minimum atomic E-state index is -1.07. The van der Waals surface area contributed by atoms with E-state index in [1.54, 1.807) is 6.92 Å². The van der Waals surface area contributed by atoms with Crippen molar-refractivity contribution in [1.29, 1.82) is 0 Å². The standard InChI is InChI=1S/C13H18N2O5/c1-3-4-11(16)15-7-12(17)14-6-9-5-10(13(18)19)8(2)20-9/h5H,3-4,6-7H2,1-2H3,(H,14,17)(H,15,16)(H,18,19). The van der Waals surface area contributed by atoms with E-state index >= 15 is 0 Å². The molecule has 3 N–H and O–H groups in total. The number of hydrogen-bond acceptors (Lipinski definition) is 4. The molecule has 110 valence electrons. The molecule has 0 saturated carbocycles. The molecule has 0 bridgehead atoms. The molecule has 1 heterocycles. The van der Waals surface area contributed by atoms with E-state index in [9.17, 15) is 14.4 Å². The molecule has 1 aromatic rings. The molecule has 0 aliphatic carbocycles. The van der Waals surface area contributed by atoms with Crippen molar-refractivity contribution in [1.82, 2.24) is 10.6 Å². The first-order valence-corrected chi connectivity index (χ1v) is 6.30. The third-order valence-electron chi connectivity index (χ3n) is 2.58. The Morgan fingerprint density at radius 2 is 1.95 bits per heavy atom. The maximum absolute atomic E-state index is 11.5. The Kier molecular flexibility index (Phi) is 5.76. The van der Waals surface area contributed by atoms with E-state index in [2.05, 4.69) is 10.6 Å². The molecular weight excluding hydrogens is 264 g/mol. The third kappa shape index (κ3) is 4.75. The van der Waals surface area contributed by atoms with Gasteiger partial charge in [-0.1, -0.05) is 6.92 Å². The van der Waals surface area contributed by atoms with Crippen LogP contribution < -0.4 is 10.6 Å². The lowest BCUT2D eigenvalue weighted by Gasteiger charge is -2.05. The quantitative estimate of drug-likeness (QED) is 0.686. The van der Waals surface area contributed by atoms with Gasteiger partial charge in [0.05, 0.1) is 13.1 Å². The molecule has 0 radical (unpaired) electrons. The molecule has 0 unspecified atom stereocenters. The smallest absolute Gasteiger partial charge is 0.339 e. The van der Waals surface area contributed by atoms with Crippen LogP contribution in [0.4, 0.5) is 0 Å². The Bertz CT molecular complexity index is 507. The Hall–Kier alpha value is -2.31. The fourth-order valence-electron chi connectivity index (χ4n) is 1.59. The Balaban J connectivity index is 2.39. The molecule has 0 fully saturated rings. The van der Waals surface area contributed by atoms with Crippen LogP contribution in [0.5, 0.6) is 0 Å². The Labute approximate surface area is 116 Å². The predicted molar refractivity (Wildman–Crippen MR) is 70.2 cm³/mol. The molecule has 7 nitrogen and oxygen atoms in total. The number of rotatable bonds is 7. The van der Waals surface area contributed by atoms with Gasteiger partial charge < -0.3 is 20.2 Å². The Morgan fingerprint density at radius 1 is 1.25 bits per heavy atom. The van der Waals surface area contributed by atoms with E-state index in [0.717, 1.165) is 6.42 Å². The predicted octanol–water partition coefficient (Wildman–Crippen LogP) is 0.819. The highest BCUT2D eigenvalue weighted by molar-refractivity contribution is 5.89. The van der Waals surface area contributed by atoms with Crippen LogP contribution in [0, 0.1) is 6.92 Å². The van der Waals surface area contributed by atoms with Gasteiger partial charge in [0, 0.05) is 6.42 Å². The summed E-state index contributed by atoms with van der Waals surface area (Å²) in [5.74, 6) is -0.966. The van der Waals surface area contributed by atoms with Crippen molar-refractivity contribution in [2.24, 2.45) is 0 Å². The minimum Gasteiger partial charge on any atom is -0.478 e. The SMILES string of the molecule is CCCC(=O)NCC(=O)NCc1cc(C(=O)O)c(C)o1. The molecule has 0 atom stereocenters. The summed E-state index contributed by atoms with van der Waals surface area (Å²) in [6, 6.07) is 1.37. The van der Waals surface area contributed by atoms with Gasteiger partial charge >= 0.3 is 5.97 Å². The zero-order valence-corrected chi connectivity index (χ0v) is 11.5. The van der Waals surface area contributed by atoms with Gasteiger partial charge in [-0.3, -0.25) is 9.59 Å². The van der Waals surface area contributed by atoms with Crippen LogP contribution in [-0.2, 0) is 16.1 Å². The number of hydrogen-bond donors (Lipinski definition) is 3. The summed E-state index contributed by atoms with van der Waals surface area (Å²) < 4.78 is 5.21. The van der Waals surface area contributed by atoms with Gasteiger partial charge in [-0.15, -0.1) is 0 Å². The zero-order chi connectivity index (χ0) is 15.1. The molecule has 0 saturated heterocycles.